The first-order valence-corrected chi connectivity index (χ1v) is 5.82. The van der Waals surface area contributed by atoms with Crippen molar-refractivity contribution in [2.24, 2.45) is 14.1 Å². The summed E-state index contributed by atoms with van der Waals surface area (Å²) in [5.41, 5.74) is 0.281. The molecule has 0 fully saturated rings. The van der Waals surface area contributed by atoms with Crippen molar-refractivity contribution in [1.29, 1.82) is 0 Å². The van der Waals surface area contributed by atoms with Crippen molar-refractivity contribution in [2.75, 3.05) is 7.05 Å². The van der Waals surface area contributed by atoms with Gasteiger partial charge in [-0.05, 0) is 14.0 Å². The van der Waals surface area contributed by atoms with Crippen LogP contribution in [-0.2, 0) is 27.2 Å². The number of nitrogens with zero attached hydrogens (tertiary/aromatic N) is 4. The normalized spacial score (nSPS) is 11.3. The van der Waals surface area contributed by atoms with E-state index < -0.39 is 0 Å². The molecule has 0 aliphatic heterocycles. The first-order chi connectivity index (χ1) is 8.52. The molecule has 0 amide bonds. The zero-order valence-corrected chi connectivity index (χ0v) is 11.0. The van der Waals surface area contributed by atoms with Crippen LogP contribution in [0.15, 0.2) is 9.59 Å². The molecule has 18 heavy (non-hydrogen) atoms. The Morgan fingerprint density at radius 2 is 1.89 bits per heavy atom. The Kier molecular flexibility index (Phi) is 3.08. The Morgan fingerprint density at radius 3 is 2.44 bits per heavy atom. The second-order valence-electron chi connectivity index (χ2n) is 4.18. The van der Waals surface area contributed by atoms with Crippen LogP contribution in [0.25, 0.3) is 11.2 Å². The average molecular weight is 251 g/mol. The molecule has 2 aromatic rings. The van der Waals surface area contributed by atoms with Crippen LogP contribution in [-0.4, -0.2) is 25.7 Å². The lowest BCUT2D eigenvalue weighted by Crippen LogP contribution is -2.38. The fourth-order valence-corrected chi connectivity index (χ4v) is 2.08. The summed E-state index contributed by atoms with van der Waals surface area (Å²) in [7, 11) is 5.08. The van der Waals surface area contributed by atoms with Gasteiger partial charge in [-0.25, -0.2) is 9.78 Å². The topological polar surface area (TPSA) is 73.8 Å². The fourth-order valence-electron chi connectivity index (χ4n) is 2.08. The smallest absolute Gasteiger partial charge is 0.324 e. The van der Waals surface area contributed by atoms with Gasteiger partial charge in [-0.15, -0.1) is 0 Å². The molecule has 7 nitrogen and oxygen atoms in total. The molecule has 0 aromatic carbocycles. The number of fused-ring (bicyclic) bond motifs is 1. The van der Waals surface area contributed by atoms with Gasteiger partial charge < -0.3 is 9.88 Å². The predicted molar refractivity (Wildman–Crippen MR) is 68.7 cm³/mol. The van der Waals surface area contributed by atoms with Crippen molar-refractivity contribution < 1.29 is 0 Å². The van der Waals surface area contributed by atoms with Crippen molar-refractivity contribution in [3.63, 3.8) is 0 Å². The maximum absolute atomic E-state index is 12.1. The zero-order chi connectivity index (χ0) is 13.4. The Bertz CT molecular complexity index is 707. The summed E-state index contributed by atoms with van der Waals surface area (Å²) in [4.78, 5) is 28.5. The van der Waals surface area contributed by atoms with Gasteiger partial charge in [0, 0.05) is 20.6 Å². The summed E-state index contributed by atoms with van der Waals surface area (Å²) in [6.45, 7) is 2.89. The molecule has 0 atom stereocenters. The molecule has 2 rings (SSSR count). The Labute approximate surface area is 104 Å². The number of hydrogen-bond donors (Lipinski definition) is 1. The fraction of sp³-hybridized carbons (Fsp3) is 0.545. The van der Waals surface area contributed by atoms with Crippen LogP contribution >= 0.6 is 0 Å². The summed E-state index contributed by atoms with van der Waals surface area (Å²) >= 11 is 0. The van der Waals surface area contributed by atoms with E-state index in [-0.39, 0.29) is 11.2 Å². The molecule has 7 heteroatoms. The number of rotatable bonds is 3. The molecule has 0 saturated heterocycles. The zero-order valence-electron chi connectivity index (χ0n) is 11.0. The minimum Gasteiger partial charge on any atom is -0.324 e. The lowest BCUT2D eigenvalue weighted by Gasteiger charge is -2.05. The van der Waals surface area contributed by atoms with Gasteiger partial charge in [-0.2, -0.15) is 0 Å². The third-order valence-corrected chi connectivity index (χ3v) is 3.10. The van der Waals surface area contributed by atoms with Crippen molar-refractivity contribution in [2.45, 2.75) is 20.0 Å². The second-order valence-corrected chi connectivity index (χ2v) is 4.18. The van der Waals surface area contributed by atoms with Crippen molar-refractivity contribution >= 4 is 11.2 Å². The first kappa shape index (κ1) is 12.6. The van der Waals surface area contributed by atoms with E-state index in [0.29, 0.717) is 24.3 Å². The summed E-state index contributed by atoms with van der Waals surface area (Å²) in [5, 5.41) is 2.99. The number of hydrogen-bond acceptors (Lipinski definition) is 4. The quantitative estimate of drug-likeness (QED) is 0.773. The van der Waals surface area contributed by atoms with Gasteiger partial charge in [0.05, 0.1) is 6.54 Å². The summed E-state index contributed by atoms with van der Waals surface area (Å²) in [6.07, 6.45) is 0. The lowest BCUT2D eigenvalue weighted by molar-refractivity contribution is 0.651. The third-order valence-electron chi connectivity index (χ3n) is 3.10. The molecule has 0 saturated carbocycles. The molecular weight excluding hydrogens is 234 g/mol. The number of aromatic nitrogens is 4. The Morgan fingerprint density at radius 1 is 1.22 bits per heavy atom. The minimum absolute atomic E-state index is 0.308. The molecule has 2 aromatic heterocycles. The Balaban J connectivity index is 2.97. The van der Waals surface area contributed by atoms with Crippen LogP contribution in [0, 0.1) is 0 Å². The van der Waals surface area contributed by atoms with Gasteiger partial charge in [0.25, 0.3) is 5.56 Å². The summed E-state index contributed by atoms with van der Waals surface area (Å²) < 4.78 is 4.37. The SMILES string of the molecule is CCn1c(=O)n(C)c(=O)c2c1nc(CNC)n2C. The number of aryl methyl sites for hydroxylation is 2. The highest BCUT2D eigenvalue weighted by Gasteiger charge is 2.17. The van der Waals surface area contributed by atoms with Crippen LogP contribution in [0.3, 0.4) is 0 Å². The van der Waals surface area contributed by atoms with E-state index in [1.807, 2.05) is 14.0 Å². The van der Waals surface area contributed by atoms with Gasteiger partial charge in [-0.1, -0.05) is 0 Å². The van der Waals surface area contributed by atoms with Gasteiger partial charge >= 0.3 is 5.69 Å². The van der Waals surface area contributed by atoms with Crippen LogP contribution in [0.4, 0.5) is 0 Å². The van der Waals surface area contributed by atoms with Gasteiger partial charge in [-0.3, -0.25) is 13.9 Å². The van der Waals surface area contributed by atoms with Gasteiger partial charge in [0.15, 0.2) is 11.2 Å². The minimum atomic E-state index is -0.330. The molecule has 0 bridgehead atoms. The van der Waals surface area contributed by atoms with Crippen LogP contribution in [0.5, 0.6) is 0 Å². The molecule has 0 radical (unpaired) electrons. The monoisotopic (exact) mass is 251 g/mol. The highest BCUT2D eigenvalue weighted by molar-refractivity contribution is 5.70. The van der Waals surface area contributed by atoms with E-state index in [9.17, 15) is 9.59 Å². The molecule has 0 aliphatic rings. The van der Waals surface area contributed by atoms with E-state index in [2.05, 4.69) is 10.3 Å². The highest BCUT2D eigenvalue weighted by Crippen LogP contribution is 2.09. The number of nitrogens with one attached hydrogen (secondary N) is 1. The predicted octanol–water partition coefficient (Wildman–Crippen LogP) is -0.827. The number of imidazole rings is 1. The summed E-state index contributed by atoms with van der Waals surface area (Å²) in [5.74, 6) is 0.734. The van der Waals surface area contributed by atoms with Gasteiger partial charge in [0.1, 0.15) is 5.82 Å². The molecule has 2 heterocycles. The van der Waals surface area contributed by atoms with Crippen molar-refractivity contribution in [3.8, 4) is 0 Å². The molecule has 0 aliphatic carbocycles. The molecule has 98 valence electrons. The van der Waals surface area contributed by atoms with Crippen molar-refractivity contribution in [3.05, 3.63) is 26.7 Å². The van der Waals surface area contributed by atoms with E-state index in [4.69, 9.17) is 0 Å². The molecule has 1 N–H and O–H groups in total. The van der Waals surface area contributed by atoms with Crippen molar-refractivity contribution in [1.82, 2.24) is 24.0 Å². The van der Waals surface area contributed by atoms with Crippen LogP contribution in [0.2, 0.25) is 0 Å². The maximum atomic E-state index is 12.1. The van der Waals surface area contributed by atoms with E-state index in [1.165, 1.54) is 11.6 Å². The molecule has 0 spiro atoms. The standard InChI is InChI=1S/C11H17N5O2/c1-5-16-9-8(10(17)15(4)11(16)18)14(3)7(13-9)6-12-2/h12H,5-6H2,1-4H3. The largest absolute Gasteiger partial charge is 0.332 e. The average Bonchev–Trinajstić information content (AvgIpc) is 2.66. The Hall–Kier alpha value is -1.89. The highest BCUT2D eigenvalue weighted by atomic mass is 16.2. The van der Waals surface area contributed by atoms with Crippen LogP contribution in [0.1, 0.15) is 12.7 Å². The molecular formula is C11H17N5O2. The third kappa shape index (κ3) is 1.59. The first-order valence-electron chi connectivity index (χ1n) is 5.82. The van der Waals surface area contributed by atoms with Gasteiger partial charge in [0.2, 0.25) is 0 Å². The lowest BCUT2D eigenvalue weighted by atomic mass is 10.5. The van der Waals surface area contributed by atoms with E-state index in [1.54, 1.807) is 11.6 Å². The molecule has 0 unspecified atom stereocenters. The van der Waals surface area contributed by atoms with E-state index >= 15 is 0 Å². The maximum Gasteiger partial charge on any atom is 0.332 e. The van der Waals surface area contributed by atoms with E-state index in [0.717, 1.165) is 10.4 Å². The second kappa shape index (κ2) is 4.41. The summed E-state index contributed by atoms with van der Waals surface area (Å²) in [6, 6.07) is 0. The van der Waals surface area contributed by atoms with Crippen LogP contribution < -0.4 is 16.6 Å².